The van der Waals surface area contributed by atoms with Crippen LogP contribution >= 0.6 is 34.5 Å². The molecule has 0 amide bonds. The number of nitrogens with zero attached hydrogens (tertiary/aromatic N) is 2. The summed E-state index contributed by atoms with van der Waals surface area (Å²) in [6, 6.07) is 9.82. The fourth-order valence-corrected chi connectivity index (χ4v) is 4.78. The van der Waals surface area contributed by atoms with Gasteiger partial charge in [0.05, 0.1) is 25.3 Å². The number of rotatable bonds is 4. The first kappa shape index (κ1) is 18.7. The fourth-order valence-electron chi connectivity index (χ4n) is 3.16. The van der Waals surface area contributed by atoms with Crippen LogP contribution in [0.25, 0.3) is 21.3 Å². The highest BCUT2D eigenvalue weighted by molar-refractivity contribution is 7.19. The third-order valence-electron chi connectivity index (χ3n) is 4.67. The van der Waals surface area contributed by atoms with E-state index in [-0.39, 0.29) is 11.3 Å². The molecule has 0 unspecified atom stereocenters. The standard InChI is InChI=1S/C21H20Cl2N2OS/c1-11(2)19-25-17-15(26-19)9-8-12(16(17)23)10-21(3,4)20-24-14-7-5-6-13(22)18(14)27-20/h5-9,11H,10H2,1-4H3. The van der Waals surface area contributed by atoms with Crippen molar-refractivity contribution in [2.24, 2.45) is 0 Å². The van der Waals surface area contributed by atoms with Crippen molar-refractivity contribution < 1.29 is 4.42 Å². The molecule has 0 aliphatic carbocycles. The van der Waals surface area contributed by atoms with Crippen LogP contribution in [-0.4, -0.2) is 9.97 Å². The van der Waals surface area contributed by atoms with Gasteiger partial charge in [-0.1, -0.05) is 63.0 Å². The molecule has 2 aromatic heterocycles. The summed E-state index contributed by atoms with van der Waals surface area (Å²) in [6.07, 6.45) is 0.753. The smallest absolute Gasteiger partial charge is 0.198 e. The van der Waals surface area contributed by atoms with E-state index in [0.717, 1.165) is 43.3 Å². The average molecular weight is 419 g/mol. The van der Waals surface area contributed by atoms with Gasteiger partial charge >= 0.3 is 0 Å². The predicted octanol–water partition coefficient (Wildman–Crippen LogP) is 7.39. The lowest BCUT2D eigenvalue weighted by molar-refractivity contribution is 0.501. The normalized spacial score (nSPS) is 12.6. The van der Waals surface area contributed by atoms with Crippen molar-refractivity contribution in [2.45, 2.75) is 45.4 Å². The average Bonchev–Trinajstić information content (AvgIpc) is 3.23. The van der Waals surface area contributed by atoms with Gasteiger partial charge in [0.1, 0.15) is 5.52 Å². The minimum Gasteiger partial charge on any atom is -0.440 e. The number of benzene rings is 2. The van der Waals surface area contributed by atoms with E-state index in [2.05, 4.69) is 32.7 Å². The zero-order valence-corrected chi connectivity index (χ0v) is 18.0. The van der Waals surface area contributed by atoms with Crippen molar-refractivity contribution >= 4 is 55.9 Å². The quantitative estimate of drug-likeness (QED) is 0.346. The third kappa shape index (κ3) is 3.35. The molecular formula is C21H20Cl2N2OS. The van der Waals surface area contributed by atoms with Gasteiger partial charge in [-0.15, -0.1) is 11.3 Å². The Hall–Kier alpha value is -1.62. The molecule has 140 valence electrons. The molecule has 0 N–H and O–H groups in total. The van der Waals surface area contributed by atoms with Gasteiger partial charge in [-0.2, -0.15) is 0 Å². The van der Waals surface area contributed by atoms with Crippen LogP contribution in [0.2, 0.25) is 10.0 Å². The molecule has 3 nitrogen and oxygen atoms in total. The van der Waals surface area contributed by atoms with E-state index in [9.17, 15) is 0 Å². The van der Waals surface area contributed by atoms with Gasteiger partial charge in [0, 0.05) is 11.3 Å². The predicted molar refractivity (Wildman–Crippen MR) is 114 cm³/mol. The molecule has 4 aromatic rings. The molecule has 4 rings (SSSR count). The minimum atomic E-state index is -0.186. The molecule has 2 aromatic carbocycles. The van der Waals surface area contributed by atoms with Gasteiger partial charge in [-0.25, -0.2) is 9.97 Å². The summed E-state index contributed by atoms with van der Waals surface area (Å²) in [5.74, 6) is 0.935. The molecule has 0 aliphatic rings. The van der Waals surface area contributed by atoms with Gasteiger partial charge in [0.2, 0.25) is 0 Å². The van der Waals surface area contributed by atoms with E-state index < -0.39 is 0 Å². The van der Waals surface area contributed by atoms with E-state index in [1.54, 1.807) is 11.3 Å². The number of halogens is 2. The molecule has 0 atom stereocenters. The minimum absolute atomic E-state index is 0.186. The maximum absolute atomic E-state index is 6.70. The van der Waals surface area contributed by atoms with Crippen LogP contribution in [0.5, 0.6) is 0 Å². The topological polar surface area (TPSA) is 38.9 Å². The molecule has 0 bridgehead atoms. The lowest BCUT2D eigenvalue weighted by Gasteiger charge is -2.22. The van der Waals surface area contributed by atoms with E-state index >= 15 is 0 Å². The van der Waals surface area contributed by atoms with Crippen LogP contribution < -0.4 is 0 Å². The first-order chi connectivity index (χ1) is 12.8. The molecular weight excluding hydrogens is 399 g/mol. The highest BCUT2D eigenvalue weighted by atomic mass is 35.5. The lowest BCUT2D eigenvalue weighted by atomic mass is 9.86. The van der Waals surface area contributed by atoms with Crippen LogP contribution in [0, 0.1) is 0 Å². The monoisotopic (exact) mass is 418 g/mol. The van der Waals surface area contributed by atoms with Crippen LogP contribution in [0.15, 0.2) is 34.7 Å². The summed E-state index contributed by atoms with van der Waals surface area (Å²) in [4.78, 5) is 9.41. The molecule has 0 saturated heterocycles. The second-order valence-electron chi connectivity index (χ2n) is 7.76. The van der Waals surface area contributed by atoms with Crippen molar-refractivity contribution in [3.05, 3.63) is 56.8 Å². The molecule has 0 radical (unpaired) electrons. The Morgan fingerprint density at radius 2 is 1.89 bits per heavy atom. The Morgan fingerprint density at radius 1 is 1.11 bits per heavy atom. The van der Waals surface area contributed by atoms with Crippen molar-refractivity contribution in [3.8, 4) is 0 Å². The summed E-state index contributed by atoms with van der Waals surface area (Å²) in [5.41, 5.74) is 3.27. The maximum atomic E-state index is 6.70. The van der Waals surface area contributed by atoms with Crippen LogP contribution in [0.1, 0.15) is 50.1 Å². The van der Waals surface area contributed by atoms with E-state index in [0.29, 0.717) is 10.9 Å². The first-order valence-corrected chi connectivity index (χ1v) is 10.5. The number of aromatic nitrogens is 2. The van der Waals surface area contributed by atoms with E-state index in [4.69, 9.17) is 32.6 Å². The number of hydrogen-bond acceptors (Lipinski definition) is 4. The highest BCUT2D eigenvalue weighted by Gasteiger charge is 2.28. The first-order valence-electron chi connectivity index (χ1n) is 8.89. The molecule has 0 saturated carbocycles. The molecule has 0 aliphatic heterocycles. The van der Waals surface area contributed by atoms with E-state index in [1.807, 2.05) is 30.3 Å². The molecule has 0 spiro atoms. The maximum Gasteiger partial charge on any atom is 0.198 e. The zero-order valence-electron chi connectivity index (χ0n) is 15.6. The summed E-state index contributed by atoms with van der Waals surface area (Å²) < 4.78 is 6.84. The largest absolute Gasteiger partial charge is 0.440 e. The Kier molecular flexibility index (Phi) is 4.69. The van der Waals surface area contributed by atoms with Gasteiger partial charge in [-0.05, 0) is 30.2 Å². The van der Waals surface area contributed by atoms with Crippen molar-refractivity contribution in [1.29, 1.82) is 0 Å². The molecule has 6 heteroatoms. The van der Waals surface area contributed by atoms with Crippen LogP contribution in [-0.2, 0) is 11.8 Å². The molecule has 27 heavy (non-hydrogen) atoms. The van der Waals surface area contributed by atoms with Gasteiger partial charge in [0.25, 0.3) is 0 Å². The van der Waals surface area contributed by atoms with Crippen LogP contribution in [0.4, 0.5) is 0 Å². The van der Waals surface area contributed by atoms with Crippen molar-refractivity contribution in [2.75, 3.05) is 0 Å². The Balaban J connectivity index is 1.73. The van der Waals surface area contributed by atoms with Gasteiger partial charge in [-0.3, -0.25) is 0 Å². The number of hydrogen-bond donors (Lipinski definition) is 0. The van der Waals surface area contributed by atoms with Crippen molar-refractivity contribution in [1.82, 2.24) is 9.97 Å². The van der Waals surface area contributed by atoms with Gasteiger partial charge < -0.3 is 4.42 Å². The zero-order chi connectivity index (χ0) is 19.3. The highest BCUT2D eigenvalue weighted by Crippen LogP contribution is 2.39. The molecule has 2 heterocycles. The number of oxazole rings is 1. The lowest BCUT2D eigenvalue weighted by Crippen LogP contribution is -2.20. The molecule has 0 fully saturated rings. The third-order valence-corrected chi connectivity index (χ3v) is 6.99. The SMILES string of the molecule is CC(C)c1nc2c(Cl)c(CC(C)(C)c3nc4cccc(Cl)c4s3)ccc2o1. The summed E-state index contributed by atoms with van der Waals surface area (Å²) in [5, 5.41) is 2.45. The fraction of sp³-hybridized carbons (Fsp3) is 0.333. The Bertz CT molecular complexity index is 1140. The van der Waals surface area contributed by atoms with Crippen LogP contribution in [0.3, 0.4) is 0 Å². The Morgan fingerprint density at radius 3 is 2.59 bits per heavy atom. The van der Waals surface area contributed by atoms with E-state index in [1.165, 1.54) is 0 Å². The van der Waals surface area contributed by atoms with Crippen molar-refractivity contribution in [3.63, 3.8) is 0 Å². The summed E-state index contributed by atoms with van der Waals surface area (Å²) in [7, 11) is 0. The summed E-state index contributed by atoms with van der Waals surface area (Å²) in [6.45, 7) is 8.48. The summed E-state index contributed by atoms with van der Waals surface area (Å²) >= 11 is 14.7. The number of fused-ring (bicyclic) bond motifs is 2. The second kappa shape index (κ2) is 6.77. The number of thiazole rings is 1. The second-order valence-corrected chi connectivity index (χ2v) is 9.54. The van der Waals surface area contributed by atoms with Gasteiger partial charge in [0.15, 0.2) is 11.5 Å². The Labute approximate surface area is 172 Å².